The highest BCUT2D eigenvalue weighted by molar-refractivity contribution is 7.45. The molecule has 0 aromatic carbocycles. The molecule has 10 heteroatoms. The van der Waals surface area contributed by atoms with Crippen molar-refractivity contribution in [2.24, 2.45) is 0 Å². The van der Waals surface area contributed by atoms with Gasteiger partial charge in [-0.2, -0.15) is 0 Å². The van der Waals surface area contributed by atoms with Crippen LogP contribution in [0.5, 0.6) is 0 Å². The number of amides is 1. The molecule has 0 aromatic rings. The normalized spacial score (nSPS) is 14.1. The van der Waals surface area contributed by atoms with Crippen molar-refractivity contribution in [1.82, 2.24) is 5.32 Å². The Balaban J connectivity index is 5.38. The van der Waals surface area contributed by atoms with Gasteiger partial charge in [-0.1, -0.05) is 237 Å². The highest BCUT2D eigenvalue weighted by atomic mass is 31.2. The molecule has 0 aromatic heterocycles. The molecule has 3 atom stereocenters. The number of nitrogens with one attached hydrogen (secondary N) is 1. The Labute approximate surface area is 433 Å². The van der Waals surface area contributed by atoms with Gasteiger partial charge >= 0.3 is 5.97 Å². The van der Waals surface area contributed by atoms with Crippen LogP contribution in [0, 0.1) is 0 Å². The van der Waals surface area contributed by atoms with Gasteiger partial charge in [0, 0.05) is 12.8 Å². The average molecular weight is 1010 g/mol. The van der Waals surface area contributed by atoms with Crippen molar-refractivity contribution < 1.29 is 37.3 Å². The lowest BCUT2D eigenvalue weighted by Crippen LogP contribution is -2.47. The fraction of sp³-hybridized carbons (Fsp3) is 0.833. The number of esters is 1. The molecule has 0 rings (SSSR count). The van der Waals surface area contributed by atoms with Crippen LogP contribution in [0.25, 0.3) is 0 Å². The topological polar surface area (TPSA) is 114 Å². The summed E-state index contributed by atoms with van der Waals surface area (Å²) in [6.07, 6.45) is 60.6. The molecule has 410 valence electrons. The first-order valence-corrected chi connectivity index (χ1v) is 30.9. The highest BCUT2D eigenvalue weighted by Crippen LogP contribution is 2.38. The zero-order valence-electron chi connectivity index (χ0n) is 46.7. The number of unbranched alkanes of at least 4 members (excludes halogenated alkanes) is 31. The number of phosphoric ester groups is 1. The summed E-state index contributed by atoms with van der Waals surface area (Å²) in [5.41, 5.74) is 0. The van der Waals surface area contributed by atoms with Gasteiger partial charge in [-0.15, -0.1) is 0 Å². The maximum atomic E-state index is 13.5. The average Bonchev–Trinajstić information content (AvgIpc) is 3.32. The summed E-state index contributed by atoms with van der Waals surface area (Å²) in [5.74, 6) is -0.558. The molecule has 9 nitrogen and oxygen atoms in total. The van der Waals surface area contributed by atoms with Crippen LogP contribution in [0.15, 0.2) is 48.6 Å². The summed E-state index contributed by atoms with van der Waals surface area (Å²) in [6.45, 7) is 6.81. The number of hydrogen-bond acceptors (Lipinski definition) is 7. The van der Waals surface area contributed by atoms with Crippen molar-refractivity contribution in [1.29, 1.82) is 0 Å². The monoisotopic (exact) mass is 1000 g/mol. The molecular formula is C60H113N2O7P. The smallest absolute Gasteiger partial charge is 0.306 e. The lowest BCUT2D eigenvalue weighted by atomic mass is 10.0. The van der Waals surface area contributed by atoms with Crippen LogP contribution in [-0.4, -0.2) is 69.4 Å². The van der Waals surface area contributed by atoms with E-state index in [9.17, 15) is 19.0 Å². The maximum Gasteiger partial charge on any atom is 0.306 e. The van der Waals surface area contributed by atoms with Crippen LogP contribution >= 0.6 is 7.82 Å². The highest BCUT2D eigenvalue weighted by Gasteiger charge is 2.27. The SMILES string of the molecule is CCCCC/C=C\C/C=C\C/C=C\CCCCCCC(=O)OC(/C=C/CCCCCCCCCCCCC)C(COP(=O)([O-])OCC[N+](C)(C)C)NC(=O)CCCCCCCCCCCCCCCC. The van der Waals surface area contributed by atoms with Gasteiger partial charge in [-0.3, -0.25) is 14.2 Å². The molecule has 0 spiro atoms. The quantitative estimate of drug-likeness (QED) is 0.0212. The summed E-state index contributed by atoms with van der Waals surface area (Å²) in [5, 5.41) is 3.02. The molecule has 70 heavy (non-hydrogen) atoms. The van der Waals surface area contributed by atoms with Crippen LogP contribution in [0.1, 0.15) is 271 Å². The standard InChI is InChI=1S/C60H113N2O7P/c1-7-10-13-16-19-22-25-28-30-31-32-35-38-41-44-47-50-53-60(64)69-58(51-48-45-42-39-36-33-27-24-21-18-15-12-9-3)57(56-68-70(65,66)67-55-54-62(4,5)6)61-59(63)52-49-46-43-40-37-34-29-26-23-20-17-14-11-8-2/h19,22,28,30,32,35,48,51,57-58H,7-18,20-21,23-27,29,31,33-34,36-47,49-50,52-56H2,1-6H3,(H-,61,63,65,66)/b22-19-,30-28-,35-32-,51-48+. The van der Waals surface area contributed by atoms with Crippen molar-refractivity contribution in [2.45, 2.75) is 283 Å². The molecule has 0 aliphatic rings. The van der Waals surface area contributed by atoms with Crippen molar-refractivity contribution in [3.05, 3.63) is 48.6 Å². The van der Waals surface area contributed by atoms with Gasteiger partial charge in [0.25, 0.3) is 7.82 Å². The molecule has 1 N–H and O–H groups in total. The van der Waals surface area contributed by atoms with Crippen molar-refractivity contribution in [3.63, 3.8) is 0 Å². The number of rotatable bonds is 53. The first kappa shape index (κ1) is 68.0. The van der Waals surface area contributed by atoms with Gasteiger partial charge in [0.1, 0.15) is 19.3 Å². The second-order valence-electron chi connectivity index (χ2n) is 21.2. The number of hydrogen-bond donors (Lipinski definition) is 1. The predicted octanol–water partition coefficient (Wildman–Crippen LogP) is 17.1. The van der Waals surface area contributed by atoms with Crippen LogP contribution in [0.4, 0.5) is 0 Å². The molecule has 0 heterocycles. The number of allylic oxidation sites excluding steroid dienone is 7. The van der Waals surface area contributed by atoms with E-state index in [2.05, 4.69) is 62.5 Å². The van der Waals surface area contributed by atoms with Gasteiger partial charge in [-0.25, -0.2) is 0 Å². The Kier molecular flexibility index (Phi) is 49.0. The lowest BCUT2D eigenvalue weighted by molar-refractivity contribution is -0.870. The first-order valence-electron chi connectivity index (χ1n) is 29.4. The van der Waals surface area contributed by atoms with E-state index >= 15 is 0 Å². The molecule has 0 saturated carbocycles. The number of carbonyl (C=O) groups excluding carboxylic acids is 2. The van der Waals surface area contributed by atoms with E-state index in [1.165, 1.54) is 154 Å². The van der Waals surface area contributed by atoms with Crippen molar-refractivity contribution in [3.8, 4) is 0 Å². The first-order chi connectivity index (χ1) is 33.9. The summed E-state index contributed by atoms with van der Waals surface area (Å²) in [4.78, 5) is 39.9. The largest absolute Gasteiger partial charge is 0.756 e. The lowest BCUT2D eigenvalue weighted by Gasteiger charge is -2.30. The second-order valence-corrected chi connectivity index (χ2v) is 22.6. The van der Waals surface area contributed by atoms with E-state index in [0.29, 0.717) is 23.9 Å². The Morgan fingerprint density at radius 3 is 1.33 bits per heavy atom. The van der Waals surface area contributed by atoms with Crippen LogP contribution in [0.2, 0.25) is 0 Å². The zero-order valence-corrected chi connectivity index (χ0v) is 47.6. The fourth-order valence-electron chi connectivity index (χ4n) is 8.41. The molecule has 3 unspecified atom stereocenters. The zero-order chi connectivity index (χ0) is 51.5. The minimum Gasteiger partial charge on any atom is -0.756 e. The molecule has 0 aliphatic heterocycles. The molecule has 0 aliphatic carbocycles. The van der Waals surface area contributed by atoms with E-state index in [1.807, 2.05) is 33.3 Å². The molecule has 1 amide bonds. The predicted molar refractivity (Wildman–Crippen MR) is 298 cm³/mol. The van der Waals surface area contributed by atoms with Crippen LogP contribution < -0.4 is 10.2 Å². The summed E-state index contributed by atoms with van der Waals surface area (Å²) in [7, 11) is 1.18. The Bertz CT molecular complexity index is 1340. The van der Waals surface area contributed by atoms with E-state index in [0.717, 1.165) is 77.0 Å². The second kappa shape index (κ2) is 50.5. The van der Waals surface area contributed by atoms with Gasteiger partial charge in [0.2, 0.25) is 5.91 Å². The fourth-order valence-corrected chi connectivity index (χ4v) is 9.13. The number of likely N-dealkylation sites (N-methyl/N-ethyl adjacent to an activating group) is 1. The number of ether oxygens (including phenoxy) is 1. The number of carbonyl (C=O) groups is 2. The van der Waals surface area contributed by atoms with Crippen LogP contribution in [0.3, 0.4) is 0 Å². The molecule has 0 bridgehead atoms. The minimum atomic E-state index is -4.70. The number of phosphoric acid groups is 1. The minimum absolute atomic E-state index is 0.0251. The van der Waals surface area contributed by atoms with Gasteiger partial charge in [0.05, 0.1) is 33.8 Å². The summed E-state index contributed by atoms with van der Waals surface area (Å²) >= 11 is 0. The van der Waals surface area contributed by atoms with Gasteiger partial charge in [-0.05, 0) is 70.3 Å². The maximum absolute atomic E-state index is 13.5. The van der Waals surface area contributed by atoms with E-state index in [4.69, 9.17) is 13.8 Å². The molecular weight excluding hydrogens is 892 g/mol. The van der Waals surface area contributed by atoms with Crippen LogP contribution in [-0.2, 0) is 27.9 Å². The number of nitrogens with zero attached hydrogens (tertiary/aromatic N) is 1. The Morgan fingerprint density at radius 2 is 0.871 bits per heavy atom. The molecule has 0 saturated heterocycles. The third kappa shape index (κ3) is 50.9. The molecule has 0 fully saturated rings. The Morgan fingerprint density at radius 1 is 0.500 bits per heavy atom. The Hall–Kier alpha value is -2.03. The van der Waals surface area contributed by atoms with Gasteiger partial charge < -0.3 is 28.5 Å². The van der Waals surface area contributed by atoms with E-state index in [1.54, 1.807) is 0 Å². The molecule has 0 radical (unpaired) electrons. The third-order valence-corrected chi connectivity index (χ3v) is 14.0. The van der Waals surface area contributed by atoms with Crippen molar-refractivity contribution in [2.75, 3.05) is 40.9 Å². The summed E-state index contributed by atoms with van der Waals surface area (Å²) in [6, 6.07) is -0.894. The third-order valence-electron chi connectivity index (χ3n) is 13.0. The number of quaternary nitrogens is 1. The van der Waals surface area contributed by atoms with Gasteiger partial charge in [0.15, 0.2) is 0 Å². The van der Waals surface area contributed by atoms with E-state index < -0.39 is 26.6 Å². The van der Waals surface area contributed by atoms with E-state index in [-0.39, 0.29) is 24.9 Å². The van der Waals surface area contributed by atoms with Crippen molar-refractivity contribution >= 4 is 19.7 Å². The summed E-state index contributed by atoms with van der Waals surface area (Å²) < 4.78 is 30.2.